The van der Waals surface area contributed by atoms with E-state index in [0.717, 1.165) is 0 Å². The number of benzene rings is 1. The van der Waals surface area contributed by atoms with E-state index in [4.69, 9.17) is 4.74 Å². The van der Waals surface area contributed by atoms with Crippen molar-refractivity contribution in [1.82, 2.24) is 14.9 Å². The van der Waals surface area contributed by atoms with Crippen LogP contribution in [0.1, 0.15) is 38.7 Å². The van der Waals surface area contributed by atoms with Crippen molar-refractivity contribution >= 4 is 22.0 Å². The van der Waals surface area contributed by atoms with Crippen LogP contribution in [0.15, 0.2) is 29.2 Å². The van der Waals surface area contributed by atoms with Crippen LogP contribution in [0.4, 0.5) is 4.79 Å². The summed E-state index contributed by atoms with van der Waals surface area (Å²) in [7, 11) is -3.60. The van der Waals surface area contributed by atoms with E-state index in [1.54, 1.807) is 31.2 Å². The number of nitrogens with one attached hydrogen (secondary N) is 2. The lowest BCUT2D eigenvalue weighted by Gasteiger charge is -2.28. The van der Waals surface area contributed by atoms with Gasteiger partial charge in [0.05, 0.1) is 4.90 Å². The van der Waals surface area contributed by atoms with E-state index in [0.29, 0.717) is 31.6 Å². The average molecular weight is 397 g/mol. The molecule has 1 fully saturated rings. The maximum atomic E-state index is 12.6. The van der Waals surface area contributed by atoms with Crippen LogP contribution < -0.4 is 10.0 Å². The van der Waals surface area contributed by atoms with E-state index in [2.05, 4.69) is 10.0 Å². The zero-order chi connectivity index (χ0) is 20.1. The molecule has 1 aliphatic heterocycles. The van der Waals surface area contributed by atoms with Crippen molar-refractivity contribution in [3.8, 4) is 0 Å². The Hall–Kier alpha value is -1.97. The molecule has 1 saturated heterocycles. The van der Waals surface area contributed by atoms with Gasteiger partial charge in [0.2, 0.25) is 15.9 Å². The zero-order valence-electron chi connectivity index (χ0n) is 15.9. The Morgan fingerprint density at radius 2 is 1.96 bits per heavy atom. The van der Waals surface area contributed by atoms with Crippen LogP contribution in [0.5, 0.6) is 0 Å². The molecule has 27 heavy (non-hydrogen) atoms. The van der Waals surface area contributed by atoms with Crippen LogP contribution in [0.3, 0.4) is 0 Å². The second kappa shape index (κ2) is 8.81. The molecule has 0 unspecified atom stereocenters. The lowest BCUT2D eigenvalue weighted by molar-refractivity contribution is -0.122. The molecule has 0 aromatic heterocycles. The maximum absolute atomic E-state index is 12.6. The third kappa shape index (κ3) is 6.30. The predicted octanol–water partition coefficient (Wildman–Crippen LogP) is 1.75. The summed E-state index contributed by atoms with van der Waals surface area (Å²) in [6.45, 7) is 6.24. The smallest absolute Gasteiger partial charge is 0.325 e. The fourth-order valence-corrected chi connectivity index (χ4v) is 4.53. The van der Waals surface area contributed by atoms with E-state index >= 15 is 0 Å². The Morgan fingerprint density at radius 3 is 2.63 bits per heavy atom. The number of nitrogens with zero attached hydrogens (tertiary/aromatic N) is 1. The van der Waals surface area contributed by atoms with Gasteiger partial charge in [0.15, 0.2) is 0 Å². The van der Waals surface area contributed by atoms with Crippen molar-refractivity contribution in [3.05, 3.63) is 29.8 Å². The van der Waals surface area contributed by atoms with Crippen molar-refractivity contribution in [2.24, 2.45) is 0 Å². The number of imide groups is 1. The largest absolute Gasteiger partial charge is 0.361 e. The first-order valence-corrected chi connectivity index (χ1v) is 10.4. The molecule has 3 amide bonds. The minimum absolute atomic E-state index is 0.106. The normalized spacial score (nSPS) is 15.7. The van der Waals surface area contributed by atoms with Gasteiger partial charge < -0.3 is 9.64 Å². The van der Waals surface area contributed by atoms with Crippen LogP contribution in [0.25, 0.3) is 0 Å². The Kier molecular flexibility index (Phi) is 6.96. The molecule has 150 valence electrons. The zero-order valence-corrected chi connectivity index (χ0v) is 16.8. The minimum atomic E-state index is -3.60. The fourth-order valence-electron chi connectivity index (χ4n) is 2.84. The molecule has 0 aliphatic carbocycles. The van der Waals surface area contributed by atoms with Gasteiger partial charge in [-0.2, -0.15) is 0 Å². The molecule has 0 saturated carbocycles. The highest BCUT2D eigenvalue weighted by atomic mass is 32.2. The summed E-state index contributed by atoms with van der Waals surface area (Å²) in [5, 5.41) is 2.23. The molecule has 1 aromatic rings. The summed E-state index contributed by atoms with van der Waals surface area (Å²) < 4.78 is 33.4. The molecular formula is C18H27N3O5S. The third-order valence-corrected chi connectivity index (χ3v) is 6.13. The quantitative estimate of drug-likeness (QED) is 0.618. The number of aryl methyl sites for hydroxylation is 1. The lowest BCUT2D eigenvalue weighted by Crippen LogP contribution is -2.50. The number of ether oxygens (including phenoxy) is 1. The first-order chi connectivity index (χ1) is 12.6. The first kappa shape index (κ1) is 21.3. The number of carbonyl (C=O) groups excluding carboxylic acids is 2. The van der Waals surface area contributed by atoms with Gasteiger partial charge in [0.1, 0.15) is 6.73 Å². The van der Waals surface area contributed by atoms with E-state index in [-0.39, 0.29) is 24.0 Å². The van der Waals surface area contributed by atoms with Gasteiger partial charge in [-0.25, -0.2) is 17.9 Å². The number of hydrogen-bond donors (Lipinski definition) is 2. The number of hydrogen-bond acceptors (Lipinski definition) is 5. The average Bonchev–Trinajstić information content (AvgIpc) is 2.55. The predicted molar refractivity (Wildman–Crippen MR) is 100 cm³/mol. The monoisotopic (exact) mass is 397 g/mol. The first-order valence-electron chi connectivity index (χ1n) is 8.87. The maximum Gasteiger partial charge on any atom is 0.325 e. The van der Waals surface area contributed by atoms with Crippen LogP contribution in [-0.2, 0) is 19.6 Å². The molecule has 0 spiro atoms. The molecule has 9 heteroatoms. The molecule has 1 heterocycles. The van der Waals surface area contributed by atoms with Crippen molar-refractivity contribution in [2.75, 3.05) is 19.9 Å². The highest BCUT2D eigenvalue weighted by Gasteiger charge is 2.27. The summed E-state index contributed by atoms with van der Waals surface area (Å²) in [6.07, 6.45) is 1.46. The van der Waals surface area contributed by atoms with Gasteiger partial charge in [0.25, 0.3) is 0 Å². The van der Waals surface area contributed by atoms with Crippen LogP contribution in [0, 0.1) is 6.92 Å². The molecule has 0 radical (unpaired) electrons. The van der Waals surface area contributed by atoms with Crippen molar-refractivity contribution in [2.45, 2.75) is 50.5 Å². The standard InChI is InChI=1S/C18H27N3O5S/c1-14-7-4-5-8-15(14)27(24,25)20-18(2,3)10-6-12-26-13-21-11-9-16(22)19-17(21)23/h4-5,7-8,20H,6,9-13H2,1-3H3,(H,19,22,23). The summed E-state index contributed by atoms with van der Waals surface area (Å²) in [6, 6.07) is 6.41. The van der Waals surface area contributed by atoms with Crippen molar-refractivity contribution in [3.63, 3.8) is 0 Å². The van der Waals surface area contributed by atoms with Crippen LogP contribution in [0.2, 0.25) is 0 Å². The Morgan fingerprint density at radius 1 is 1.26 bits per heavy atom. The van der Waals surface area contributed by atoms with E-state index in [1.807, 2.05) is 13.8 Å². The van der Waals surface area contributed by atoms with Crippen molar-refractivity contribution in [1.29, 1.82) is 0 Å². The Labute approximate surface area is 160 Å². The van der Waals surface area contributed by atoms with Gasteiger partial charge in [-0.1, -0.05) is 18.2 Å². The van der Waals surface area contributed by atoms with Gasteiger partial charge >= 0.3 is 6.03 Å². The highest BCUT2D eigenvalue weighted by molar-refractivity contribution is 7.89. The number of urea groups is 1. The molecule has 2 rings (SSSR count). The third-order valence-electron chi connectivity index (χ3n) is 4.27. The van der Waals surface area contributed by atoms with Gasteiger partial charge in [-0.15, -0.1) is 0 Å². The van der Waals surface area contributed by atoms with Crippen LogP contribution >= 0.6 is 0 Å². The topological polar surface area (TPSA) is 105 Å². The highest BCUT2D eigenvalue weighted by Crippen LogP contribution is 2.19. The molecule has 1 aliphatic rings. The molecule has 8 nitrogen and oxygen atoms in total. The number of rotatable bonds is 9. The SMILES string of the molecule is Cc1ccccc1S(=O)(=O)NC(C)(C)CCCOCN1CCC(=O)NC1=O. The second-order valence-electron chi connectivity index (χ2n) is 7.26. The molecule has 1 aromatic carbocycles. The number of carbonyl (C=O) groups is 2. The molecule has 2 N–H and O–H groups in total. The van der Waals surface area contributed by atoms with Gasteiger partial charge in [-0.05, 0) is 45.2 Å². The molecular weight excluding hydrogens is 370 g/mol. The summed E-state index contributed by atoms with van der Waals surface area (Å²) in [5.74, 6) is -0.279. The van der Waals surface area contributed by atoms with E-state index in [1.165, 1.54) is 4.90 Å². The van der Waals surface area contributed by atoms with Crippen molar-refractivity contribution < 1.29 is 22.7 Å². The number of sulfonamides is 1. The Bertz CT molecular complexity index is 792. The van der Waals surface area contributed by atoms with Gasteiger partial charge in [0, 0.05) is 25.1 Å². The van der Waals surface area contributed by atoms with Crippen LogP contribution in [-0.4, -0.2) is 50.7 Å². The fraction of sp³-hybridized carbons (Fsp3) is 0.556. The summed E-state index contributed by atoms with van der Waals surface area (Å²) in [5.41, 5.74) is 0.0572. The molecule has 0 atom stereocenters. The summed E-state index contributed by atoms with van der Waals surface area (Å²) >= 11 is 0. The second-order valence-corrected chi connectivity index (χ2v) is 8.91. The Balaban J connectivity index is 1.77. The molecule has 0 bridgehead atoms. The minimum Gasteiger partial charge on any atom is -0.361 e. The lowest BCUT2D eigenvalue weighted by atomic mass is 10.0. The van der Waals surface area contributed by atoms with E-state index < -0.39 is 21.6 Å². The van der Waals surface area contributed by atoms with E-state index in [9.17, 15) is 18.0 Å². The number of amides is 3. The van der Waals surface area contributed by atoms with Gasteiger partial charge in [-0.3, -0.25) is 10.1 Å². The summed E-state index contributed by atoms with van der Waals surface area (Å²) in [4.78, 5) is 24.4.